The van der Waals surface area contributed by atoms with Crippen molar-refractivity contribution in [1.82, 2.24) is 29.9 Å². The van der Waals surface area contributed by atoms with Gasteiger partial charge in [0.15, 0.2) is 0 Å². The van der Waals surface area contributed by atoms with Crippen molar-refractivity contribution < 1.29 is 19.3 Å². The number of nitrogens with two attached hydrogens (primary N) is 1. The molecule has 0 spiro atoms. The summed E-state index contributed by atoms with van der Waals surface area (Å²) in [6.07, 6.45) is 4.48. The molecule has 0 amide bonds. The van der Waals surface area contributed by atoms with E-state index < -0.39 is 12.5 Å². The van der Waals surface area contributed by atoms with E-state index in [1.165, 1.54) is 24.2 Å². The number of aryl methyl sites for hydroxylation is 1. The molecule has 2 aliphatic carbocycles. The summed E-state index contributed by atoms with van der Waals surface area (Å²) in [5.74, 6) is 6.20. The third kappa shape index (κ3) is 8.05. The highest BCUT2D eigenvalue weighted by atomic mass is 32.1. The van der Waals surface area contributed by atoms with Crippen LogP contribution in [0.15, 0.2) is 35.5 Å². The summed E-state index contributed by atoms with van der Waals surface area (Å²) in [5.41, 5.74) is 8.32. The molecule has 0 radical (unpaired) electrons. The zero-order valence-corrected chi connectivity index (χ0v) is 25.9. The first kappa shape index (κ1) is 30.3. The summed E-state index contributed by atoms with van der Waals surface area (Å²) in [6, 6.07) is 0. The Balaban J connectivity index is 0.000000141. The number of piperidine rings is 2. The topological polar surface area (TPSA) is 127 Å². The number of carbonyl (C=O) groups excluding carboxylic acids is 1. The number of alkyl halides is 3. The highest BCUT2D eigenvalue weighted by Gasteiger charge is 2.46. The third-order valence-corrected chi connectivity index (χ3v) is 9.46. The van der Waals surface area contributed by atoms with Gasteiger partial charge in [-0.1, -0.05) is 13.8 Å². The summed E-state index contributed by atoms with van der Waals surface area (Å²) >= 11 is 3.12. The number of thiazole rings is 2. The molecule has 234 valence electrons. The molecule has 44 heavy (non-hydrogen) atoms. The fourth-order valence-electron chi connectivity index (χ4n) is 5.24. The van der Waals surface area contributed by atoms with Crippen molar-refractivity contribution in [1.29, 1.82) is 0 Å². The molecular weight excluding hydrogens is 612 g/mol. The van der Waals surface area contributed by atoms with E-state index in [2.05, 4.69) is 39.7 Å². The van der Waals surface area contributed by atoms with Gasteiger partial charge < -0.3 is 15.5 Å². The molecule has 0 aromatic carbocycles. The lowest BCUT2D eigenvalue weighted by atomic mass is 10.4. The van der Waals surface area contributed by atoms with Crippen molar-refractivity contribution in [3.8, 4) is 21.4 Å². The number of nitrogen functional groups attached to an aromatic ring is 1. The van der Waals surface area contributed by atoms with E-state index >= 15 is 0 Å². The molecular formula is C29H34F3N9OS2. The molecule has 4 atom stereocenters. The first-order valence-electron chi connectivity index (χ1n) is 14.9. The van der Waals surface area contributed by atoms with Gasteiger partial charge >= 0.3 is 6.18 Å². The average molecular weight is 647 g/mol. The van der Waals surface area contributed by atoms with E-state index in [9.17, 15) is 13.2 Å². The molecule has 4 unspecified atom stereocenters. The second-order valence-electron chi connectivity index (χ2n) is 10.9. The predicted octanol–water partition coefficient (Wildman–Crippen LogP) is 5.78. The molecule has 2 aliphatic heterocycles. The third-order valence-electron chi connectivity index (χ3n) is 7.59. The Labute approximate surface area is 263 Å². The van der Waals surface area contributed by atoms with Gasteiger partial charge in [0.2, 0.25) is 6.29 Å². The molecule has 0 bridgehead atoms. The van der Waals surface area contributed by atoms with Crippen LogP contribution in [-0.2, 0) is 4.79 Å². The monoisotopic (exact) mass is 646 g/mol. The number of fused-ring (bicyclic) bond motifs is 2. The number of anilines is 3. The number of rotatable bonds is 4. The number of carbonyl (C=O) groups is 1. The normalized spacial score (nSPS) is 22.6. The number of aldehydes is 1. The number of nitrogens with zero attached hydrogens (tertiary/aromatic N) is 8. The quantitative estimate of drug-likeness (QED) is 0.273. The molecule has 15 heteroatoms. The van der Waals surface area contributed by atoms with E-state index in [1.807, 2.05) is 36.3 Å². The van der Waals surface area contributed by atoms with Crippen LogP contribution in [0.3, 0.4) is 0 Å². The van der Waals surface area contributed by atoms with Gasteiger partial charge in [0.1, 0.15) is 38.9 Å². The Hall–Kier alpha value is -3.72. The van der Waals surface area contributed by atoms with E-state index in [-0.39, 0.29) is 0 Å². The Morgan fingerprint density at radius 2 is 1.27 bits per heavy atom. The molecule has 4 aromatic heterocycles. The van der Waals surface area contributed by atoms with Crippen molar-refractivity contribution in [2.24, 2.45) is 23.7 Å². The van der Waals surface area contributed by atoms with Crippen molar-refractivity contribution in [3.63, 3.8) is 0 Å². The van der Waals surface area contributed by atoms with Crippen LogP contribution < -0.4 is 15.5 Å². The number of aromatic nitrogens is 6. The summed E-state index contributed by atoms with van der Waals surface area (Å²) in [5, 5.41) is 5.64. The van der Waals surface area contributed by atoms with Gasteiger partial charge in [-0.25, -0.2) is 29.9 Å². The maximum Gasteiger partial charge on any atom is 0.446 e. The van der Waals surface area contributed by atoms with Crippen LogP contribution in [0.2, 0.25) is 0 Å². The maximum atomic E-state index is 10.4. The summed E-state index contributed by atoms with van der Waals surface area (Å²) < 4.78 is 37.5. The minimum absolute atomic E-state index is 0.500. The van der Waals surface area contributed by atoms with E-state index in [1.54, 1.807) is 24.5 Å². The van der Waals surface area contributed by atoms with Gasteiger partial charge in [-0.3, -0.25) is 4.79 Å². The van der Waals surface area contributed by atoms with Crippen LogP contribution in [0, 0.1) is 30.6 Å². The molecule has 4 aromatic rings. The van der Waals surface area contributed by atoms with Crippen LogP contribution in [-0.4, -0.2) is 68.5 Å². The number of halogens is 3. The Bertz CT molecular complexity index is 1430. The van der Waals surface area contributed by atoms with E-state index in [4.69, 9.17) is 11.9 Å². The standard InChI is InChI=1S/C13H14N4S.C12H13N5S.C2HF3O.C2H6/c1-8-7-18-13(16-8)11-3-15-12(4-14-11)17-5-9-2-10(9)6-17;13-10-6-18-12(16-10)9-2-15-11(3-14-9)17-4-7-1-8(7)5-17;3-2(4,5)1-6;1-2/h3-4,7,9-10H,2,5-6H2,1H3;2-3,6-8H,1,4-5,13H2;1H;1-2H3/i;;;1D. The molecule has 10 nitrogen and oxygen atoms in total. The average Bonchev–Trinajstić information content (AvgIpc) is 3.58. The van der Waals surface area contributed by atoms with Gasteiger partial charge in [0.05, 0.1) is 24.8 Å². The number of hydrogen-bond donors (Lipinski definition) is 1. The molecule has 4 aliphatic rings. The van der Waals surface area contributed by atoms with Crippen molar-refractivity contribution >= 4 is 46.4 Å². The Kier molecular flexibility index (Phi) is 9.31. The SMILES string of the molecule is Cc1csc(-c2cnc(N3CC4CC4C3)cn2)n1.Nc1csc(-c2cnc(N3CC4CC4C3)cn2)n1.O=CC(F)(F)F.[2H]CC. The van der Waals surface area contributed by atoms with Crippen molar-refractivity contribution in [3.05, 3.63) is 41.2 Å². The van der Waals surface area contributed by atoms with Crippen LogP contribution >= 0.6 is 22.7 Å². The molecule has 4 fully saturated rings. The first-order chi connectivity index (χ1) is 21.6. The maximum absolute atomic E-state index is 10.4. The van der Waals surface area contributed by atoms with Crippen molar-refractivity contribution in [2.45, 2.75) is 39.8 Å². The Morgan fingerprint density at radius 1 is 0.841 bits per heavy atom. The van der Waals surface area contributed by atoms with Gasteiger partial charge in [0, 0.05) is 44.0 Å². The van der Waals surface area contributed by atoms with Gasteiger partial charge in [0.25, 0.3) is 0 Å². The fraction of sp³-hybridized carbons (Fsp3) is 0.483. The molecule has 8 rings (SSSR count). The highest BCUT2D eigenvalue weighted by Crippen LogP contribution is 2.46. The minimum Gasteiger partial charge on any atom is -0.383 e. The molecule has 2 N–H and O–H groups in total. The first-order valence-corrected chi connectivity index (χ1v) is 15.9. The van der Waals surface area contributed by atoms with Crippen LogP contribution in [0.1, 0.15) is 33.7 Å². The summed E-state index contributed by atoms with van der Waals surface area (Å²) in [7, 11) is 0. The summed E-state index contributed by atoms with van der Waals surface area (Å²) in [4.78, 5) is 40.0. The summed E-state index contributed by atoms with van der Waals surface area (Å²) in [6.45, 7) is 8.90. The Morgan fingerprint density at radius 3 is 1.59 bits per heavy atom. The zero-order chi connectivity index (χ0) is 32.1. The zero-order valence-electron chi connectivity index (χ0n) is 25.3. The lowest BCUT2D eigenvalue weighted by Gasteiger charge is -2.18. The fourth-order valence-corrected chi connectivity index (χ4v) is 6.66. The van der Waals surface area contributed by atoms with E-state index in [0.29, 0.717) is 12.7 Å². The smallest absolute Gasteiger partial charge is 0.383 e. The second-order valence-corrected chi connectivity index (χ2v) is 12.6. The van der Waals surface area contributed by atoms with Gasteiger partial charge in [-0.2, -0.15) is 13.2 Å². The second kappa shape index (κ2) is 13.5. The lowest BCUT2D eigenvalue weighted by Crippen LogP contribution is -2.22. The van der Waals surface area contributed by atoms with Crippen LogP contribution in [0.5, 0.6) is 0 Å². The largest absolute Gasteiger partial charge is 0.446 e. The minimum atomic E-state index is -4.64. The van der Waals surface area contributed by atoms with Crippen molar-refractivity contribution in [2.75, 3.05) is 41.7 Å². The molecule has 6 heterocycles. The molecule has 2 saturated carbocycles. The van der Waals surface area contributed by atoms with Crippen LogP contribution in [0.4, 0.5) is 30.6 Å². The number of hydrogen-bond acceptors (Lipinski definition) is 12. The molecule has 2 saturated heterocycles. The van der Waals surface area contributed by atoms with Gasteiger partial charge in [-0.15, -0.1) is 22.7 Å². The predicted molar refractivity (Wildman–Crippen MR) is 167 cm³/mol. The highest BCUT2D eigenvalue weighted by molar-refractivity contribution is 7.13. The lowest BCUT2D eigenvalue weighted by molar-refractivity contribution is -0.156. The van der Waals surface area contributed by atoms with Crippen LogP contribution in [0.25, 0.3) is 21.4 Å². The van der Waals surface area contributed by atoms with Gasteiger partial charge in [-0.05, 0) is 43.4 Å². The van der Waals surface area contributed by atoms with E-state index in [0.717, 1.165) is 88.6 Å².